The summed E-state index contributed by atoms with van der Waals surface area (Å²) in [6.07, 6.45) is 0.152. The fourth-order valence-electron chi connectivity index (χ4n) is 2.91. The van der Waals surface area contributed by atoms with Gasteiger partial charge in [0.05, 0.1) is 17.3 Å². The Morgan fingerprint density at radius 2 is 1.65 bits per heavy atom. The fourth-order valence-corrected chi connectivity index (χ4v) is 3.49. The van der Waals surface area contributed by atoms with E-state index in [1.807, 2.05) is 22.6 Å². The normalized spacial score (nSPS) is 12.5. The smallest absolute Gasteiger partial charge is 0.328 e. The maximum Gasteiger partial charge on any atom is 0.328 e. The van der Waals surface area contributed by atoms with Crippen LogP contribution in [0.3, 0.4) is 0 Å². The number of rotatable bonds is 9. The Labute approximate surface area is 193 Å². The van der Waals surface area contributed by atoms with Crippen LogP contribution in [0.15, 0.2) is 42.5 Å². The van der Waals surface area contributed by atoms with Gasteiger partial charge in [-0.3, -0.25) is 9.59 Å². The van der Waals surface area contributed by atoms with Gasteiger partial charge in [-0.05, 0) is 71.3 Å². The molecular weight excluding hydrogens is 517 g/mol. The molecule has 2 rings (SSSR count). The van der Waals surface area contributed by atoms with Crippen LogP contribution in [0.2, 0.25) is 0 Å². The van der Waals surface area contributed by atoms with Gasteiger partial charge in [0.2, 0.25) is 5.91 Å². The monoisotopic (exact) mass is 541 g/mol. The fraction of sp³-hybridized carbons (Fsp3) is 0.318. The summed E-state index contributed by atoms with van der Waals surface area (Å²) < 4.78 is 10.4. The van der Waals surface area contributed by atoms with E-state index in [2.05, 4.69) is 5.32 Å². The molecule has 9 heteroatoms. The minimum atomic E-state index is -1.19. The van der Waals surface area contributed by atoms with Gasteiger partial charge in [-0.2, -0.15) is 0 Å². The molecule has 166 valence electrons. The first-order valence-electron chi connectivity index (χ1n) is 9.55. The molecule has 0 saturated carbocycles. The van der Waals surface area contributed by atoms with E-state index in [-0.39, 0.29) is 30.9 Å². The average molecular weight is 541 g/mol. The Morgan fingerprint density at radius 1 is 1.00 bits per heavy atom. The number of phenols is 2. The number of carbonyl (C=O) groups is 3. The Hall–Kier alpha value is -2.82. The largest absolute Gasteiger partial charge is 0.508 e. The van der Waals surface area contributed by atoms with Crippen molar-refractivity contribution in [3.05, 3.63) is 57.2 Å². The molecule has 0 aliphatic carbocycles. The standard InChI is InChI=1S/C22H24INO7/c1-3-31-22(29)18(12-13-4-7-15(25)8-5-13)24-20(27)16(21(28)30-2)10-14-6-9-19(26)17(23)11-14/h4-9,11,16,18,25-26H,3,10,12H2,1-2H3,(H,24,27). The van der Waals surface area contributed by atoms with E-state index in [9.17, 15) is 24.6 Å². The van der Waals surface area contributed by atoms with Crippen molar-refractivity contribution in [2.45, 2.75) is 25.8 Å². The Morgan fingerprint density at radius 3 is 2.23 bits per heavy atom. The first-order valence-corrected chi connectivity index (χ1v) is 10.6. The van der Waals surface area contributed by atoms with Crippen molar-refractivity contribution < 1.29 is 34.1 Å². The third kappa shape index (κ3) is 7.12. The summed E-state index contributed by atoms with van der Waals surface area (Å²) in [5.41, 5.74) is 1.35. The number of phenolic OH excluding ortho intramolecular Hbond substituents is 2. The number of esters is 2. The molecule has 0 spiro atoms. The molecule has 0 saturated heterocycles. The highest BCUT2D eigenvalue weighted by Crippen LogP contribution is 2.22. The minimum Gasteiger partial charge on any atom is -0.508 e. The number of halogens is 1. The number of hydrogen-bond donors (Lipinski definition) is 3. The van der Waals surface area contributed by atoms with Gasteiger partial charge < -0.3 is 25.0 Å². The highest BCUT2D eigenvalue weighted by Gasteiger charge is 2.32. The summed E-state index contributed by atoms with van der Waals surface area (Å²) in [6.45, 7) is 1.79. The molecular formula is C22H24INO7. The van der Waals surface area contributed by atoms with Crippen LogP contribution in [0.25, 0.3) is 0 Å². The van der Waals surface area contributed by atoms with Crippen molar-refractivity contribution in [1.82, 2.24) is 5.32 Å². The zero-order valence-corrected chi connectivity index (χ0v) is 19.3. The van der Waals surface area contributed by atoms with Crippen molar-refractivity contribution in [3.63, 3.8) is 0 Å². The number of benzene rings is 2. The van der Waals surface area contributed by atoms with Gasteiger partial charge in [-0.1, -0.05) is 18.2 Å². The van der Waals surface area contributed by atoms with Crippen molar-refractivity contribution in [2.75, 3.05) is 13.7 Å². The Bertz CT molecular complexity index is 930. The maximum absolute atomic E-state index is 13.0. The lowest BCUT2D eigenvalue weighted by Crippen LogP contribution is -2.48. The summed E-state index contributed by atoms with van der Waals surface area (Å²) in [6, 6.07) is 9.94. The number of methoxy groups -OCH3 is 1. The van der Waals surface area contributed by atoms with Crippen LogP contribution >= 0.6 is 22.6 Å². The van der Waals surface area contributed by atoms with Crippen molar-refractivity contribution >= 4 is 40.4 Å². The highest BCUT2D eigenvalue weighted by atomic mass is 127. The van der Waals surface area contributed by atoms with Crippen LogP contribution < -0.4 is 5.32 Å². The number of amides is 1. The predicted octanol–water partition coefficient (Wildman–Crippen LogP) is 2.32. The van der Waals surface area contributed by atoms with Crippen molar-refractivity contribution in [2.24, 2.45) is 5.92 Å². The predicted molar refractivity (Wildman–Crippen MR) is 120 cm³/mol. The van der Waals surface area contributed by atoms with E-state index in [4.69, 9.17) is 9.47 Å². The molecule has 8 nitrogen and oxygen atoms in total. The van der Waals surface area contributed by atoms with Crippen LogP contribution in [0.4, 0.5) is 0 Å². The van der Waals surface area contributed by atoms with Crippen molar-refractivity contribution in [1.29, 1.82) is 0 Å². The van der Waals surface area contributed by atoms with Crippen molar-refractivity contribution in [3.8, 4) is 11.5 Å². The van der Waals surface area contributed by atoms with E-state index in [1.54, 1.807) is 31.2 Å². The summed E-state index contributed by atoms with van der Waals surface area (Å²) in [5, 5.41) is 21.7. The molecule has 0 aliphatic rings. The average Bonchev–Trinajstić information content (AvgIpc) is 2.75. The molecule has 31 heavy (non-hydrogen) atoms. The summed E-state index contributed by atoms with van der Waals surface area (Å²) in [5.74, 6) is -3.07. The number of carbonyl (C=O) groups excluding carboxylic acids is 3. The zero-order valence-electron chi connectivity index (χ0n) is 17.1. The van der Waals surface area contributed by atoms with E-state index in [0.717, 1.165) is 0 Å². The second kappa shape index (κ2) is 11.5. The molecule has 1 amide bonds. The lowest BCUT2D eigenvalue weighted by Gasteiger charge is -2.21. The lowest BCUT2D eigenvalue weighted by atomic mass is 9.97. The molecule has 0 aliphatic heterocycles. The van der Waals surface area contributed by atoms with Gasteiger partial charge in [0.1, 0.15) is 23.5 Å². The molecule has 3 N–H and O–H groups in total. The number of ether oxygens (including phenoxy) is 2. The van der Waals surface area contributed by atoms with Gasteiger partial charge in [0, 0.05) is 6.42 Å². The first-order chi connectivity index (χ1) is 14.7. The zero-order chi connectivity index (χ0) is 23.0. The topological polar surface area (TPSA) is 122 Å². The first kappa shape index (κ1) is 24.4. The summed E-state index contributed by atoms with van der Waals surface area (Å²) >= 11 is 1.95. The molecule has 0 radical (unpaired) electrons. The Kier molecular flexibility index (Phi) is 9.10. The minimum absolute atomic E-state index is 0.0313. The molecule has 0 heterocycles. The van der Waals surface area contributed by atoms with Gasteiger partial charge in [0.15, 0.2) is 0 Å². The van der Waals surface area contributed by atoms with Crippen LogP contribution in [0, 0.1) is 9.49 Å². The maximum atomic E-state index is 13.0. The Balaban J connectivity index is 2.22. The number of hydrogen-bond acceptors (Lipinski definition) is 7. The summed E-state index contributed by atoms with van der Waals surface area (Å²) in [4.78, 5) is 37.7. The SMILES string of the molecule is CCOC(=O)C(Cc1ccc(O)cc1)NC(=O)C(Cc1ccc(O)c(I)c1)C(=O)OC. The molecule has 2 unspecified atom stereocenters. The van der Waals surface area contributed by atoms with Gasteiger partial charge >= 0.3 is 11.9 Å². The van der Waals surface area contributed by atoms with Crippen LogP contribution in [0.5, 0.6) is 11.5 Å². The van der Waals surface area contributed by atoms with Crippen LogP contribution in [-0.2, 0) is 36.7 Å². The van der Waals surface area contributed by atoms with Gasteiger partial charge in [-0.25, -0.2) is 4.79 Å². The third-order valence-corrected chi connectivity index (χ3v) is 5.38. The number of aromatic hydroxyl groups is 2. The number of nitrogens with one attached hydrogen (secondary N) is 1. The molecule has 0 fully saturated rings. The molecule has 2 aromatic carbocycles. The van der Waals surface area contributed by atoms with E-state index in [1.165, 1.54) is 25.3 Å². The van der Waals surface area contributed by atoms with E-state index in [0.29, 0.717) is 14.7 Å². The lowest BCUT2D eigenvalue weighted by molar-refractivity contribution is -0.153. The van der Waals surface area contributed by atoms with Gasteiger partial charge in [-0.15, -0.1) is 0 Å². The van der Waals surface area contributed by atoms with Crippen LogP contribution in [0.1, 0.15) is 18.1 Å². The van der Waals surface area contributed by atoms with Crippen LogP contribution in [-0.4, -0.2) is 47.8 Å². The highest BCUT2D eigenvalue weighted by molar-refractivity contribution is 14.1. The quantitative estimate of drug-likeness (QED) is 0.253. The molecule has 0 bridgehead atoms. The third-order valence-electron chi connectivity index (χ3n) is 4.52. The second-order valence-electron chi connectivity index (χ2n) is 6.75. The van der Waals surface area contributed by atoms with Gasteiger partial charge in [0.25, 0.3) is 0 Å². The summed E-state index contributed by atoms with van der Waals surface area (Å²) in [7, 11) is 1.18. The molecule has 0 aromatic heterocycles. The molecule has 2 aromatic rings. The molecule has 2 atom stereocenters. The van der Waals surface area contributed by atoms with E-state index >= 15 is 0 Å². The van der Waals surface area contributed by atoms with E-state index < -0.39 is 29.8 Å². The second-order valence-corrected chi connectivity index (χ2v) is 7.91.